The monoisotopic (exact) mass is 929 g/mol. The Bertz CT molecular complexity index is 2130. The molecule has 3 heterocycles. The molecule has 3 aliphatic heterocycles. The number of ether oxygens (including phenoxy) is 2. The van der Waals surface area contributed by atoms with E-state index in [2.05, 4.69) is 4.90 Å². The van der Waals surface area contributed by atoms with Gasteiger partial charge in [0.2, 0.25) is 11.8 Å². The van der Waals surface area contributed by atoms with Gasteiger partial charge < -0.3 is 24.2 Å². The van der Waals surface area contributed by atoms with Crippen LogP contribution in [0.25, 0.3) is 0 Å². The van der Waals surface area contributed by atoms with Gasteiger partial charge in [0, 0.05) is 31.6 Å². The zero-order chi connectivity index (χ0) is 49.0. The van der Waals surface area contributed by atoms with Crippen LogP contribution in [0.3, 0.4) is 0 Å². The highest BCUT2D eigenvalue weighted by molar-refractivity contribution is 5.94. The Hall–Kier alpha value is -5.53. The van der Waals surface area contributed by atoms with Crippen molar-refractivity contribution in [2.75, 3.05) is 32.2 Å². The summed E-state index contributed by atoms with van der Waals surface area (Å²) in [5.41, 5.74) is 2.25. The molecule has 0 bridgehead atoms. The second-order valence-electron chi connectivity index (χ2n) is 20.6. The number of amides is 2. The molecule has 0 spiro atoms. The minimum Gasteiger partial charge on any atom is -0.469 e. The van der Waals surface area contributed by atoms with Gasteiger partial charge in [-0.05, 0) is 95.9 Å². The van der Waals surface area contributed by atoms with Crippen molar-refractivity contribution in [3.05, 3.63) is 101 Å². The molecule has 0 radical (unpaired) electrons. The van der Waals surface area contributed by atoms with Crippen molar-refractivity contribution in [3.63, 3.8) is 0 Å². The second-order valence-corrected chi connectivity index (χ2v) is 20.6. The van der Waals surface area contributed by atoms with Crippen LogP contribution in [-0.4, -0.2) is 84.5 Å². The number of ketones is 2. The summed E-state index contributed by atoms with van der Waals surface area (Å²) in [6.07, 6.45) is -0.584. The fourth-order valence-corrected chi connectivity index (χ4v) is 10.2. The zero-order valence-electron chi connectivity index (χ0n) is 40.1. The molecule has 11 nitrogen and oxygen atoms in total. The molecule has 6 atom stereocenters. The maximum atomic E-state index is 13.8. The van der Waals surface area contributed by atoms with Gasteiger partial charge in [-0.25, -0.2) is 0 Å². The molecule has 3 aromatic carbocycles. The maximum Gasteiger partial charge on any atom is 0.416 e. The Balaban J connectivity index is 1.18. The van der Waals surface area contributed by atoms with E-state index in [1.807, 2.05) is 90.1 Å². The molecule has 362 valence electrons. The van der Waals surface area contributed by atoms with Crippen LogP contribution in [0.5, 0.6) is 0 Å². The fourth-order valence-electron chi connectivity index (χ4n) is 10.2. The summed E-state index contributed by atoms with van der Waals surface area (Å²) < 4.78 is 50.9. The molecular weight excluding hydrogens is 864 g/mol. The molecule has 67 heavy (non-hydrogen) atoms. The van der Waals surface area contributed by atoms with E-state index >= 15 is 0 Å². The first-order chi connectivity index (χ1) is 31.5. The van der Waals surface area contributed by atoms with Gasteiger partial charge in [-0.15, -0.1) is 0 Å². The normalized spacial score (nSPS) is 21.0. The van der Waals surface area contributed by atoms with Crippen molar-refractivity contribution in [1.29, 1.82) is 0 Å². The molecule has 0 unspecified atom stereocenters. The van der Waals surface area contributed by atoms with Crippen LogP contribution in [0, 0.1) is 22.7 Å². The van der Waals surface area contributed by atoms with Gasteiger partial charge in [0.05, 0.1) is 68.6 Å². The summed E-state index contributed by atoms with van der Waals surface area (Å²) in [5.74, 6) is -2.84. The van der Waals surface area contributed by atoms with Crippen LogP contribution in [0.4, 0.5) is 18.9 Å². The number of likely N-dealkylation sites (tertiary alicyclic amines) is 2. The van der Waals surface area contributed by atoms with E-state index in [1.54, 1.807) is 9.80 Å². The van der Waals surface area contributed by atoms with Gasteiger partial charge in [-0.1, -0.05) is 90.1 Å². The molecular formula is C53H66F3N3O8. The average Bonchev–Trinajstić information content (AvgIpc) is 4.07. The highest BCUT2D eigenvalue weighted by atomic mass is 19.4. The predicted octanol–water partition coefficient (Wildman–Crippen LogP) is 9.44. The van der Waals surface area contributed by atoms with Gasteiger partial charge in [-0.2, -0.15) is 13.2 Å². The van der Waals surface area contributed by atoms with Crippen LogP contribution in [0.2, 0.25) is 0 Å². The standard InChI is InChI=1S/C53H66F3N3O8/c1-51(2,3)39(31-47(62)66-7)49(64)57-27-9-11-43(57)45(60)29-33-13-17-35(18-14-33)41-25-26-42(59(41)38-23-21-37(22-24-38)53(54,55)56)36-19-15-34(16-20-36)30-46(61)44-12-10-28-58(44)50(65)40(52(4,5)6)32-48(63)67-8/h13-24,39-44H,9-12,25-32H2,1-8H3/t39-,40+,41-,42-,43+,44+/m1/s1. The van der Waals surface area contributed by atoms with Gasteiger partial charge in [-0.3, -0.25) is 28.8 Å². The Morgan fingerprint density at radius 1 is 0.567 bits per heavy atom. The number of benzene rings is 3. The molecule has 0 saturated carbocycles. The molecule has 0 aliphatic carbocycles. The molecule has 0 N–H and O–H groups in total. The minimum atomic E-state index is -4.50. The van der Waals surface area contributed by atoms with Gasteiger partial charge in [0.15, 0.2) is 11.6 Å². The van der Waals surface area contributed by atoms with Crippen molar-refractivity contribution in [1.82, 2.24) is 9.80 Å². The van der Waals surface area contributed by atoms with Crippen LogP contribution in [0.15, 0.2) is 72.8 Å². The van der Waals surface area contributed by atoms with Crippen molar-refractivity contribution in [3.8, 4) is 0 Å². The minimum absolute atomic E-state index is 0.0693. The third-order valence-electron chi connectivity index (χ3n) is 14.1. The van der Waals surface area contributed by atoms with E-state index in [1.165, 1.54) is 26.4 Å². The maximum absolute atomic E-state index is 13.8. The number of alkyl halides is 3. The molecule has 2 amide bonds. The molecule has 3 fully saturated rings. The number of nitrogens with zero attached hydrogens (tertiary/aromatic N) is 3. The number of carbonyl (C=O) groups excluding carboxylic acids is 6. The number of halogens is 3. The van der Waals surface area contributed by atoms with E-state index in [0.29, 0.717) is 57.3 Å². The fraction of sp³-hybridized carbons (Fsp3) is 0.547. The SMILES string of the molecule is COC(=O)C[C@H](C(=O)N1CCC[C@H]1C(=O)Cc1ccc([C@H]2CC[C@H](c3ccc(CC(=O)[C@@H]4CCCN4C(=O)[C@H](CC(=O)OC)C(C)(C)C)cc3)N2c2ccc(C(F)(F)F)cc2)cc1)C(C)(C)C. The number of esters is 2. The topological polar surface area (TPSA) is 131 Å². The summed E-state index contributed by atoms with van der Waals surface area (Å²) >= 11 is 0. The summed E-state index contributed by atoms with van der Waals surface area (Å²) in [4.78, 5) is 85.2. The lowest BCUT2D eigenvalue weighted by atomic mass is 9.77. The average molecular weight is 930 g/mol. The lowest BCUT2D eigenvalue weighted by Crippen LogP contribution is -2.47. The van der Waals surface area contributed by atoms with E-state index in [-0.39, 0.29) is 61.1 Å². The third-order valence-corrected chi connectivity index (χ3v) is 14.1. The van der Waals surface area contributed by atoms with E-state index in [0.717, 1.165) is 34.4 Å². The molecule has 3 saturated heterocycles. The number of Topliss-reactive ketones (excluding diaryl/α,β-unsaturated/α-hetero) is 2. The second kappa shape index (κ2) is 20.8. The van der Waals surface area contributed by atoms with Crippen molar-refractivity contribution < 1.29 is 51.4 Å². The third kappa shape index (κ3) is 12.0. The number of anilines is 1. The van der Waals surface area contributed by atoms with Crippen LogP contribution < -0.4 is 4.90 Å². The van der Waals surface area contributed by atoms with Crippen molar-refractivity contribution in [2.45, 2.75) is 136 Å². The van der Waals surface area contributed by atoms with Crippen molar-refractivity contribution in [2.24, 2.45) is 22.7 Å². The zero-order valence-corrected chi connectivity index (χ0v) is 40.1. The van der Waals surface area contributed by atoms with E-state index < -0.39 is 58.4 Å². The number of rotatable bonds is 15. The number of carbonyl (C=O) groups is 6. The largest absolute Gasteiger partial charge is 0.469 e. The van der Waals surface area contributed by atoms with Crippen LogP contribution in [0.1, 0.15) is 133 Å². The van der Waals surface area contributed by atoms with E-state index in [4.69, 9.17) is 9.47 Å². The first-order valence-electron chi connectivity index (χ1n) is 23.4. The predicted molar refractivity (Wildman–Crippen MR) is 248 cm³/mol. The highest BCUT2D eigenvalue weighted by Crippen LogP contribution is 2.48. The summed E-state index contributed by atoms with van der Waals surface area (Å²) in [6, 6.07) is 19.0. The van der Waals surface area contributed by atoms with Gasteiger partial charge in [0.1, 0.15) is 0 Å². The highest BCUT2D eigenvalue weighted by Gasteiger charge is 2.44. The number of methoxy groups -OCH3 is 2. The lowest BCUT2D eigenvalue weighted by molar-refractivity contribution is -0.151. The Kier molecular flexibility index (Phi) is 15.8. The summed E-state index contributed by atoms with van der Waals surface area (Å²) in [6.45, 7) is 12.3. The Morgan fingerprint density at radius 3 is 1.27 bits per heavy atom. The first-order valence-corrected chi connectivity index (χ1v) is 23.4. The number of hydrogen-bond donors (Lipinski definition) is 0. The quantitative estimate of drug-likeness (QED) is 0.137. The molecule has 0 aromatic heterocycles. The number of hydrogen-bond acceptors (Lipinski definition) is 9. The van der Waals surface area contributed by atoms with Crippen LogP contribution in [-0.2, 0) is 57.3 Å². The smallest absolute Gasteiger partial charge is 0.416 e. The molecule has 14 heteroatoms. The Morgan fingerprint density at radius 2 is 0.940 bits per heavy atom. The first kappa shape index (κ1) is 50.9. The molecule has 3 aliphatic rings. The molecule has 3 aromatic rings. The molecule has 6 rings (SSSR count). The van der Waals surface area contributed by atoms with Gasteiger partial charge >= 0.3 is 18.1 Å². The van der Waals surface area contributed by atoms with E-state index in [9.17, 15) is 41.9 Å². The summed E-state index contributed by atoms with van der Waals surface area (Å²) in [5, 5.41) is 0. The summed E-state index contributed by atoms with van der Waals surface area (Å²) in [7, 11) is 2.59. The van der Waals surface area contributed by atoms with Crippen molar-refractivity contribution >= 4 is 41.0 Å². The van der Waals surface area contributed by atoms with Gasteiger partial charge in [0.25, 0.3) is 0 Å². The lowest BCUT2D eigenvalue weighted by Gasteiger charge is -2.34. The van der Waals surface area contributed by atoms with Crippen LogP contribution >= 0.6 is 0 Å². The Labute approximate surface area is 392 Å².